The maximum Gasteiger partial charge on any atom is 0.321 e. The topological polar surface area (TPSA) is 132 Å². The quantitative estimate of drug-likeness (QED) is 0.455. The lowest BCUT2D eigenvalue weighted by Crippen LogP contribution is -2.49. The second-order valence-electron chi connectivity index (χ2n) is 4.93. The Labute approximate surface area is 110 Å². The minimum atomic E-state index is -2.40. The van der Waals surface area contributed by atoms with Gasteiger partial charge in [0.2, 0.25) is 0 Å². The molecule has 0 amide bonds. The molecule has 0 heterocycles. The second kappa shape index (κ2) is 7.08. The summed E-state index contributed by atoms with van der Waals surface area (Å²) < 4.78 is 0. The molecule has 0 aliphatic carbocycles. The van der Waals surface area contributed by atoms with Gasteiger partial charge < -0.3 is 20.4 Å². The summed E-state index contributed by atoms with van der Waals surface area (Å²) in [6, 6.07) is 0. The molecular weight excluding hydrogens is 256 g/mol. The van der Waals surface area contributed by atoms with Gasteiger partial charge in [-0.25, -0.2) is 0 Å². The van der Waals surface area contributed by atoms with E-state index in [-0.39, 0.29) is 18.8 Å². The maximum absolute atomic E-state index is 11.4. The predicted molar refractivity (Wildman–Crippen MR) is 64.6 cm³/mol. The van der Waals surface area contributed by atoms with Gasteiger partial charge in [0.1, 0.15) is 0 Å². The van der Waals surface area contributed by atoms with E-state index in [1.165, 1.54) is 0 Å². The van der Waals surface area contributed by atoms with Crippen LogP contribution in [0.3, 0.4) is 0 Å². The summed E-state index contributed by atoms with van der Waals surface area (Å²) in [4.78, 5) is 34.0. The van der Waals surface area contributed by atoms with E-state index in [4.69, 9.17) is 10.2 Å². The van der Waals surface area contributed by atoms with Gasteiger partial charge in [-0.1, -0.05) is 13.8 Å². The summed E-state index contributed by atoms with van der Waals surface area (Å²) in [6.07, 6.45) is -0.558. The molecule has 0 aromatic carbocycles. The predicted octanol–water partition coefficient (Wildman–Crippen LogP) is 0.661. The molecule has 19 heavy (non-hydrogen) atoms. The Morgan fingerprint density at radius 3 is 1.79 bits per heavy atom. The zero-order chi connectivity index (χ0) is 15.2. The average Bonchev–Trinajstić information content (AvgIpc) is 2.26. The molecular formula is C12H20O7. The molecule has 110 valence electrons. The molecule has 0 radical (unpaired) electrons. The molecule has 0 aliphatic heterocycles. The van der Waals surface area contributed by atoms with Gasteiger partial charge in [0.15, 0.2) is 5.41 Å². The SMILES string of the molecule is CC(C)C[C@@H](C(=O)O)C(CCCO)(C(=O)O)C(=O)O. The maximum atomic E-state index is 11.4. The average molecular weight is 276 g/mol. The van der Waals surface area contributed by atoms with Crippen molar-refractivity contribution >= 4 is 17.9 Å². The Hall–Kier alpha value is -1.63. The Morgan fingerprint density at radius 1 is 1.05 bits per heavy atom. The van der Waals surface area contributed by atoms with Gasteiger partial charge in [0, 0.05) is 6.61 Å². The largest absolute Gasteiger partial charge is 0.481 e. The van der Waals surface area contributed by atoms with Crippen LogP contribution in [0.2, 0.25) is 0 Å². The summed E-state index contributed by atoms with van der Waals surface area (Å²) in [5.74, 6) is -6.50. The third-order valence-electron chi connectivity index (χ3n) is 3.09. The molecule has 0 fully saturated rings. The van der Waals surface area contributed by atoms with Gasteiger partial charge in [-0.3, -0.25) is 14.4 Å². The summed E-state index contributed by atoms with van der Waals surface area (Å²) in [5.41, 5.74) is -2.40. The van der Waals surface area contributed by atoms with Crippen molar-refractivity contribution in [2.75, 3.05) is 6.61 Å². The van der Waals surface area contributed by atoms with Crippen LogP contribution < -0.4 is 0 Å². The van der Waals surface area contributed by atoms with Crippen molar-refractivity contribution in [1.82, 2.24) is 0 Å². The van der Waals surface area contributed by atoms with Crippen LogP contribution in [0.25, 0.3) is 0 Å². The van der Waals surface area contributed by atoms with Crippen molar-refractivity contribution in [2.45, 2.75) is 33.1 Å². The molecule has 0 aromatic heterocycles. The number of hydrogen-bond donors (Lipinski definition) is 4. The molecule has 0 bridgehead atoms. The summed E-state index contributed by atoms with van der Waals surface area (Å²) in [7, 11) is 0. The summed E-state index contributed by atoms with van der Waals surface area (Å²) in [6.45, 7) is 2.99. The fourth-order valence-electron chi connectivity index (χ4n) is 2.12. The van der Waals surface area contributed by atoms with Crippen LogP contribution in [0.5, 0.6) is 0 Å². The Bertz CT molecular complexity index is 334. The fraction of sp³-hybridized carbons (Fsp3) is 0.750. The van der Waals surface area contributed by atoms with E-state index >= 15 is 0 Å². The van der Waals surface area contributed by atoms with Crippen LogP contribution in [0, 0.1) is 17.3 Å². The first-order valence-corrected chi connectivity index (χ1v) is 6.00. The van der Waals surface area contributed by atoms with Gasteiger partial charge in [-0.05, 0) is 25.2 Å². The molecule has 0 spiro atoms. The van der Waals surface area contributed by atoms with Crippen LogP contribution in [0.15, 0.2) is 0 Å². The normalized spacial score (nSPS) is 13.3. The standard InChI is InChI=1S/C12H20O7/c1-7(2)6-8(9(14)15)12(10(16)17,11(18)19)4-3-5-13/h7-8,13H,3-6H2,1-2H3,(H,14,15)(H,16,17)(H,18,19)/t8-/m0/s1. The smallest absolute Gasteiger partial charge is 0.321 e. The van der Waals surface area contributed by atoms with Gasteiger partial charge in [-0.15, -0.1) is 0 Å². The second-order valence-corrected chi connectivity index (χ2v) is 4.93. The number of carboxylic acid groups (broad SMARTS) is 3. The first kappa shape index (κ1) is 17.4. The third-order valence-corrected chi connectivity index (χ3v) is 3.09. The van der Waals surface area contributed by atoms with Crippen LogP contribution in [0.4, 0.5) is 0 Å². The van der Waals surface area contributed by atoms with Crippen LogP contribution in [0.1, 0.15) is 33.1 Å². The summed E-state index contributed by atoms with van der Waals surface area (Å²) >= 11 is 0. The number of aliphatic hydroxyl groups excluding tert-OH is 1. The first-order valence-electron chi connectivity index (χ1n) is 6.00. The van der Waals surface area contributed by atoms with Gasteiger partial charge in [-0.2, -0.15) is 0 Å². The zero-order valence-corrected chi connectivity index (χ0v) is 11.0. The number of carbonyl (C=O) groups is 3. The number of aliphatic hydroxyl groups is 1. The Kier molecular flexibility index (Phi) is 6.47. The molecule has 7 nitrogen and oxygen atoms in total. The zero-order valence-electron chi connectivity index (χ0n) is 11.0. The van der Waals surface area contributed by atoms with E-state index in [0.717, 1.165) is 0 Å². The van der Waals surface area contributed by atoms with Crippen LogP contribution in [-0.2, 0) is 14.4 Å². The Balaban J connectivity index is 5.66. The number of rotatable bonds is 9. The highest BCUT2D eigenvalue weighted by Crippen LogP contribution is 2.38. The van der Waals surface area contributed by atoms with Crippen molar-refractivity contribution in [2.24, 2.45) is 17.3 Å². The van der Waals surface area contributed by atoms with Crippen LogP contribution >= 0.6 is 0 Å². The van der Waals surface area contributed by atoms with Crippen molar-refractivity contribution in [3.05, 3.63) is 0 Å². The molecule has 0 aromatic rings. The van der Waals surface area contributed by atoms with Crippen molar-refractivity contribution < 1.29 is 34.8 Å². The highest BCUT2D eigenvalue weighted by molar-refractivity contribution is 6.02. The van der Waals surface area contributed by atoms with Gasteiger partial charge in [0.25, 0.3) is 0 Å². The summed E-state index contributed by atoms with van der Waals surface area (Å²) in [5, 5.41) is 36.4. The van der Waals surface area contributed by atoms with E-state index in [9.17, 15) is 24.6 Å². The fourth-order valence-corrected chi connectivity index (χ4v) is 2.12. The molecule has 0 aliphatic rings. The number of aliphatic carboxylic acids is 3. The van der Waals surface area contributed by atoms with E-state index in [0.29, 0.717) is 0 Å². The molecule has 0 rings (SSSR count). The van der Waals surface area contributed by atoms with Crippen molar-refractivity contribution in [3.8, 4) is 0 Å². The van der Waals surface area contributed by atoms with E-state index in [1.807, 2.05) is 0 Å². The Morgan fingerprint density at radius 2 is 1.53 bits per heavy atom. The van der Waals surface area contributed by atoms with E-state index in [2.05, 4.69) is 0 Å². The van der Waals surface area contributed by atoms with Gasteiger partial charge in [0.05, 0.1) is 5.92 Å². The third kappa shape index (κ3) is 3.92. The molecule has 4 N–H and O–H groups in total. The monoisotopic (exact) mass is 276 g/mol. The molecule has 7 heteroatoms. The van der Waals surface area contributed by atoms with Crippen molar-refractivity contribution in [1.29, 1.82) is 0 Å². The molecule has 1 atom stereocenters. The lowest BCUT2D eigenvalue weighted by atomic mass is 9.69. The van der Waals surface area contributed by atoms with Crippen LogP contribution in [-0.4, -0.2) is 44.9 Å². The highest BCUT2D eigenvalue weighted by atomic mass is 16.4. The lowest BCUT2D eigenvalue weighted by molar-refractivity contribution is -0.177. The van der Waals surface area contributed by atoms with Gasteiger partial charge >= 0.3 is 17.9 Å². The van der Waals surface area contributed by atoms with E-state index < -0.39 is 42.3 Å². The lowest BCUT2D eigenvalue weighted by Gasteiger charge is -2.31. The molecule has 0 saturated heterocycles. The molecule has 0 unspecified atom stereocenters. The number of carboxylic acids is 3. The first-order chi connectivity index (χ1) is 8.70. The molecule has 0 saturated carbocycles. The van der Waals surface area contributed by atoms with Crippen molar-refractivity contribution in [3.63, 3.8) is 0 Å². The minimum absolute atomic E-state index is 0.0562. The number of hydrogen-bond acceptors (Lipinski definition) is 4. The highest BCUT2D eigenvalue weighted by Gasteiger charge is 2.55. The van der Waals surface area contributed by atoms with E-state index in [1.54, 1.807) is 13.8 Å². The minimum Gasteiger partial charge on any atom is -0.481 e.